The number of carbonyl (C=O) groups is 1. The Kier molecular flexibility index (Phi) is 6.31. The number of aryl methyl sites for hydroxylation is 1. The highest BCUT2D eigenvalue weighted by molar-refractivity contribution is 6.31. The number of nitrogens with two attached hydrogens (primary N) is 1. The van der Waals surface area contributed by atoms with Crippen molar-refractivity contribution in [3.8, 4) is 11.4 Å². The first-order valence-electron chi connectivity index (χ1n) is 9.40. The van der Waals surface area contributed by atoms with E-state index in [9.17, 15) is 4.79 Å². The van der Waals surface area contributed by atoms with Crippen LogP contribution in [-0.2, 0) is 11.3 Å². The van der Waals surface area contributed by atoms with E-state index in [4.69, 9.17) is 22.3 Å². The molecule has 1 fully saturated rings. The molecule has 0 saturated carbocycles. The van der Waals surface area contributed by atoms with Crippen molar-refractivity contribution in [3.05, 3.63) is 52.7 Å². The van der Waals surface area contributed by atoms with Crippen LogP contribution in [0.1, 0.15) is 24.5 Å². The van der Waals surface area contributed by atoms with Crippen molar-refractivity contribution >= 4 is 23.3 Å². The molecular formula is C21H26ClN5O. The summed E-state index contributed by atoms with van der Waals surface area (Å²) in [4.78, 5) is 23.5. The highest BCUT2D eigenvalue weighted by atomic mass is 35.5. The zero-order chi connectivity index (χ0) is 20.3. The quantitative estimate of drug-likeness (QED) is 0.729. The number of hydrogen-bond donors (Lipinski definition) is 2. The standard InChI is InChI=1S/C21H26ClN5O/c1-13(2)21(28)25-11-17-10-24-19(16-5-4-14(3)18(22)8-16)26-20(17)27-7-6-15(9-23)12-27/h4-5,8,10,15H,1,6-7,9,11-12,23H2,2-3H3,(H,25,28). The number of aromatic nitrogens is 2. The largest absolute Gasteiger partial charge is 0.356 e. The molecule has 148 valence electrons. The molecule has 1 aliphatic rings. The summed E-state index contributed by atoms with van der Waals surface area (Å²) in [5, 5.41) is 3.56. The Hall–Kier alpha value is -2.44. The number of rotatable bonds is 6. The zero-order valence-electron chi connectivity index (χ0n) is 16.3. The minimum atomic E-state index is -0.179. The lowest BCUT2D eigenvalue weighted by molar-refractivity contribution is -0.117. The second-order valence-electron chi connectivity index (χ2n) is 7.31. The van der Waals surface area contributed by atoms with E-state index in [1.807, 2.05) is 25.1 Å². The molecule has 3 N–H and O–H groups in total. The van der Waals surface area contributed by atoms with E-state index < -0.39 is 0 Å². The molecule has 1 atom stereocenters. The smallest absolute Gasteiger partial charge is 0.246 e. The zero-order valence-corrected chi connectivity index (χ0v) is 17.1. The van der Waals surface area contributed by atoms with Crippen LogP contribution in [0.2, 0.25) is 5.02 Å². The lowest BCUT2D eigenvalue weighted by atomic mass is 10.1. The van der Waals surface area contributed by atoms with Crippen LogP contribution in [0.4, 0.5) is 5.82 Å². The average Bonchev–Trinajstić information content (AvgIpc) is 3.17. The number of amides is 1. The first-order chi connectivity index (χ1) is 13.4. The van der Waals surface area contributed by atoms with Gasteiger partial charge in [-0.3, -0.25) is 4.79 Å². The van der Waals surface area contributed by atoms with Gasteiger partial charge >= 0.3 is 0 Å². The summed E-state index contributed by atoms with van der Waals surface area (Å²) in [6, 6.07) is 5.81. The highest BCUT2D eigenvalue weighted by Gasteiger charge is 2.25. The summed E-state index contributed by atoms with van der Waals surface area (Å²) in [7, 11) is 0. The van der Waals surface area contributed by atoms with E-state index in [0.29, 0.717) is 35.4 Å². The van der Waals surface area contributed by atoms with Gasteiger partial charge in [-0.05, 0) is 44.4 Å². The van der Waals surface area contributed by atoms with Crippen LogP contribution in [0.3, 0.4) is 0 Å². The predicted molar refractivity (Wildman–Crippen MR) is 113 cm³/mol. The van der Waals surface area contributed by atoms with Crippen LogP contribution in [0.5, 0.6) is 0 Å². The van der Waals surface area contributed by atoms with Gasteiger partial charge < -0.3 is 16.0 Å². The van der Waals surface area contributed by atoms with Crippen LogP contribution in [0.15, 0.2) is 36.5 Å². The van der Waals surface area contributed by atoms with Gasteiger partial charge in [0.1, 0.15) is 5.82 Å². The minimum Gasteiger partial charge on any atom is -0.356 e. The number of anilines is 1. The number of nitrogens with one attached hydrogen (secondary N) is 1. The van der Waals surface area contributed by atoms with E-state index in [2.05, 4.69) is 21.8 Å². The van der Waals surface area contributed by atoms with Crippen molar-refractivity contribution in [2.24, 2.45) is 11.7 Å². The van der Waals surface area contributed by atoms with Gasteiger partial charge in [0.15, 0.2) is 5.82 Å². The van der Waals surface area contributed by atoms with Gasteiger partial charge in [0, 0.05) is 47.6 Å². The lowest BCUT2D eigenvalue weighted by Gasteiger charge is -2.21. The van der Waals surface area contributed by atoms with E-state index in [1.165, 1.54) is 0 Å². The molecule has 2 heterocycles. The summed E-state index contributed by atoms with van der Waals surface area (Å²) in [5.74, 6) is 1.72. The Labute approximate surface area is 170 Å². The lowest BCUT2D eigenvalue weighted by Crippen LogP contribution is -2.28. The number of hydrogen-bond acceptors (Lipinski definition) is 5. The molecule has 1 aromatic carbocycles. The average molecular weight is 400 g/mol. The molecule has 2 aromatic rings. The first-order valence-corrected chi connectivity index (χ1v) is 9.78. The van der Waals surface area contributed by atoms with Crippen molar-refractivity contribution in [1.29, 1.82) is 0 Å². The maximum atomic E-state index is 11.9. The van der Waals surface area contributed by atoms with Gasteiger partial charge in [-0.15, -0.1) is 0 Å². The third kappa shape index (κ3) is 4.51. The molecule has 3 rings (SSSR count). The molecule has 0 radical (unpaired) electrons. The molecule has 28 heavy (non-hydrogen) atoms. The monoisotopic (exact) mass is 399 g/mol. The molecular weight excluding hydrogens is 374 g/mol. The van der Waals surface area contributed by atoms with Crippen LogP contribution in [-0.4, -0.2) is 35.5 Å². The van der Waals surface area contributed by atoms with Crippen molar-refractivity contribution in [1.82, 2.24) is 15.3 Å². The SMILES string of the molecule is C=C(C)C(=O)NCc1cnc(-c2ccc(C)c(Cl)c2)nc1N1CCC(CN)C1. The molecule has 0 bridgehead atoms. The summed E-state index contributed by atoms with van der Waals surface area (Å²) >= 11 is 6.28. The normalized spacial score (nSPS) is 16.3. The highest BCUT2D eigenvalue weighted by Crippen LogP contribution is 2.29. The number of halogens is 1. The van der Waals surface area contributed by atoms with Crippen molar-refractivity contribution < 1.29 is 4.79 Å². The third-order valence-corrected chi connectivity index (χ3v) is 5.42. The van der Waals surface area contributed by atoms with Crippen LogP contribution < -0.4 is 16.0 Å². The minimum absolute atomic E-state index is 0.179. The van der Waals surface area contributed by atoms with Crippen LogP contribution in [0.25, 0.3) is 11.4 Å². The maximum Gasteiger partial charge on any atom is 0.246 e. The molecule has 1 saturated heterocycles. The Morgan fingerprint density at radius 3 is 2.89 bits per heavy atom. The van der Waals surface area contributed by atoms with Crippen molar-refractivity contribution in [3.63, 3.8) is 0 Å². The second kappa shape index (κ2) is 8.71. The Balaban J connectivity index is 1.94. The summed E-state index contributed by atoms with van der Waals surface area (Å²) in [6.45, 7) is 10.1. The van der Waals surface area contributed by atoms with E-state index >= 15 is 0 Å². The molecule has 0 aliphatic carbocycles. The fourth-order valence-corrected chi connectivity index (χ4v) is 3.39. The maximum absolute atomic E-state index is 11.9. The topological polar surface area (TPSA) is 84.1 Å². The Morgan fingerprint density at radius 2 is 2.25 bits per heavy atom. The summed E-state index contributed by atoms with van der Waals surface area (Å²) in [6.07, 6.45) is 2.81. The number of benzene rings is 1. The summed E-state index contributed by atoms with van der Waals surface area (Å²) in [5.41, 5.74) is 9.07. The molecule has 1 amide bonds. The van der Waals surface area contributed by atoms with E-state index in [0.717, 1.165) is 42.0 Å². The first kappa shape index (κ1) is 20.3. The fourth-order valence-electron chi connectivity index (χ4n) is 3.21. The van der Waals surface area contributed by atoms with Gasteiger partial charge in [0.2, 0.25) is 5.91 Å². The Bertz CT molecular complexity index is 898. The van der Waals surface area contributed by atoms with Gasteiger partial charge in [-0.2, -0.15) is 0 Å². The fraction of sp³-hybridized carbons (Fsp3) is 0.381. The van der Waals surface area contributed by atoms with E-state index in [1.54, 1.807) is 13.1 Å². The number of carbonyl (C=O) groups excluding carboxylic acids is 1. The Morgan fingerprint density at radius 1 is 1.46 bits per heavy atom. The third-order valence-electron chi connectivity index (χ3n) is 5.02. The van der Waals surface area contributed by atoms with Crippen molar-refractivity contribution in [2.45, 2.75) is 26.8 Å². The van der Waals surface area contributed by atoms with E-state index in [-0.39, 0.29) is 5.91 Å². The molecule has 6 nitrogen and oxygen atoms in total. The second-order valence-corrected chi connectivity index (χ2v) is 7.71. The predicted octanol–water partition coefficient (Wildman–Crippen LogP) is 3.08. The molecule has 1 unspecified atom stereocenters. The summed E-state index contributed by atoms with van der Waals surface area (Å²) < 4.78 is 0. The molecule has 1 aliphatic heterocycles. The van der Waals surface area contributed by atoms with Gasteiger partial charge in [-0.25, -0.2) is 9.97 Å². The van der Waals surface area contributed by atoms with Gasteiger partial charge in [0.05, 0.1) is 0 Å². The molecule has 0 spiro atoms. The van der Waals surface area contributed by atoms with Gasteiger partial charge in [0.25, 0.3) is 0 Å². The number of nitrogens with zero attached hydrogens (tertiary/aromatic N) is 3. The van der Waals surface area contributed by atoms with Crippen LogP contribution in [0, 0.1) is 12.8 Å². The van der Waals surface area contributed by atoms with Crippen molar-refractivity contribution in [2.75, 3.05) is 24.5 Å². The molecule has 1 aromatic heterocycles. The van der Waals surface area contributed by atoms with Crippen LogP contribution >= 0.6 is 11.6 Å². The molecule has 7 heteroatoms. The van der Waals surface area contributed by atoms with Gasteiger partial charge in [-0.1, -0.05) is 30.3 Å².